The Morgan fingerprint density at radius 2 is 2.04 bits per heavy atom. The topological polar surface area (TPSA) is 113 Å². The number of aliphatic imine (C=N–C) groups is 1. The summed E-state index contributed by atoms with van der Waals surface area (Å²) in [6.45, 7) is 4.87. The Balaban J connectivity index is 2.07. The molecule has 1 fully saturated rings. The number of Topliss-reactive ketones (excluding diaryl/α,β-unsaturated/α-hetero) is 1. The second-order valence-corrected chi connectivity index (χ2v) is 7.36. The van der Waals surface area contributed by atoms with Crippen LogP contribution >= 0.6 is 0 Å². The number of aliphatic hydroxyl groups excluding tert-OH is 2. The zero-order valence-corrected chi connectivity index (χ0v) is 14.3. The number of carbonyl (C=O) groups is 3. The van der Waals surface area contributed by atoms with Crippen molar-refractivity contribution >= 4 is 23.6 Å². The van der Waals surface area contributed by atoms with Crippen molar-refractivity contribution in [3.05, 3.63) is 0 Å². The van der Waals surface area contributed by atoms with Gasteiger partial charge in [-0.3, -0.25) is 14.4 Å². The van der Waals surface area contributed by atoms with Gasteiger partial charge in [0, 0.05) is 31.6 Å². The van der Waals surface area contributed by atoms with Crippen molar-refractivity contribution in [1.29, 1.82) is 0 Å². The quantitative estimate of drug-likeness (QED) is 0.752. The minimum atomic E-state index is -0.946. The molecule has 7 heteroatoms. The van der Waals surface area contributed by atoms with Crippen LogP contribution in [0, 0.1) is 17.8 Å². The van der Waals surface area contributed by atoms with E-state index in [1.54, 1.807) is 13.8 Å². The molecule has 0 radical (unpaired) electrons. The Morgan fingerprint density at radius 3 is 2.62 bits per heavy atom. The molecule has 0 aromatic heterocycles. The molecule has 2 N–H and O–H groups in total. The van der Waals surface area contributed by atoms with Gasteiger partial charge in [-0.1, -0.05) is 6.92 Å². The molecular formula is C17H25NO6. The molecule has 7 nitrogen and oxygen atoms in total. The van der Waals surface area contributed by atoms with Crippen molar-refractivity contribution in [2.24, 2.45) is 22.7 Å². The highest BCUT2D eigenvalue weighted by Crippen LogP contribution is 2.39. The van der Waals surface area contributed by atoms with Crippen LogP contribution in [0.25, 0.3) is 0 Å². The fourth-order valence-corrected chi connectivity index (χ4v) is 4.00. The zero-order chi connectivity index (χ0) is 18.1. The smallest absolute Gasteiger partial charge is 0.303 e. The minimum Gasteiger partial charge on any atom is -0.496 e. The average Bonchev–Trinajstić information content (AvgIpc) is 2.40. The van der Waals surface area contributed by atoms with Crippen LogP contribution in [0.1, 0.15) is 52.9 Å². The molecule has 1 aliphatic carbocycles. The third kappa shape index (κ3) is 4.41. The Morgan fingerprint density at radius 1 is 1.38 bits per heavy atom. The third-order valence-electron chi connectivity index (χ3n) is 4.86. The van der Waals surface area contributed by atoms with Gasteiger partial charge in [0.15, 0.2) is 5.90 Å². The maximum Gasteiger partial charge on any atom is 0.303 e. The maximum atomic E-state index is 12.5. The first-order valence-electron chi connectivity index (χ1n) is 8.30. The molecule has 1 heterocycles. The summed E-state index contributed by atoms with van der Waals surface area (Å²) in [7, 11) is 0. The lowest BCUT2D eigenvalue weighted by Crippen LogP contribution is -2.48. The van der Waals surface area contributed by atoms with E-state index in [4.69, 9.17) is 4.74 Å². The first-order chi connectivity index (χ1) is 11.1. The summed E-state index contributed by atoms with van der Waals surface area (Å²) in [6, 6.07) is 0. The van der Waals surface area contributed by atoms with Crippen LogP contribution in [0.5, 0.6) is 0 Å². The van der Waals surface area contributed by atoms with Gasteiger partial charge in [-0.25, -0.2) is 0 Å². The molecule has 0 spiro atoms. The van der Waals surface area contributed by atoms with E-state index in [1.165, 1.54) is 6.92 Å². The highest BCUT2D eigenvalue weighted by molar-refractivity contribution is 5.93. The van der Waals surface area contributed by atoms with Gasteiger partial charge < -0.3 is 14.9 Å². The standard InChI is InChI=1S/C17H25NO6/c1-9-7-17(3,24-10(2)19)8-12(16(9)23)13(20)4-11-5-14(21)18-15(22)6-11/h9,11-13,20H,4-8H2,1-3H3,(H,18,21,22)/t9-,12-,13+,17+/m0/s1. The van der Waals surface area contributed by atoms with Gasteiger partial charge >= 0.3 is 5.97 Å². The molecule has 1 amide bonds. The largest absolute Gasteiger partial charge is 0.496 e. The average molecular weight is 339 g/mol. The van der Waals surface area contributed by atoms with Crippen molar-refractivity contribution in [2.75, 3.05) is 0 Å². The molecule has 0 saturated heterocycles. The molecule has 1 saturated carbocycles. The summed E-state index contributed by atoms with van der Waals surface area (Å²) in [4.78, 5) is 38.7. The predicted octanol–water partition coefficient (Wildman–Crippen LogP) is 1.57. The van der Waals surface area contributed by atoms with E-state index >= 15 is 0 Å². The summed E-state index contributed by atoms with van der Waals surface area (Å²) in [5, 5.41) is 20.0. The molecule has 134 valence electrons. The monoisotopic (exact) mass is 339 g/mol. The van der Waals surface area contributed by atoms with Crippen molar-refractivity contribution < 1.29 is 29.3 Å². The van der Waals surface area contributed by atoms with Crippen molar-refractivity contribution in [1.82, 2.24) is 0 Å². The maximum absolute atomic E-state index is 12.5. The van der Waals surface area contributed by atoms with Crippen LogP contribution in [-0.2, 0) is 19.1 Å². The Hall–Kier alpha value is -1.76. The number of hydrogen-bond donors (Lipinski definition) is 2. The van der Waals surface area contributed by atoms with Crippen molar-refractivity contribution in [2.45, 2.75) is 64.6 Å². The molecular weight excluding hydrogens is 314 g/mol. The van der Waals surface area contributed by atoms with Gasteiger partial charge in [0.2, 0.25) is 5.91 Å². The van der Waals surface area contributed by atoms with Gasteiger partial charge in [-0.05, 0) is 32.1 Å². The number of hydrogen-bond acceptors (Lipinski definition) is 5. The lowest BCUT2D eigenvalue weighted by atomic mass is 9.69. The fraction of sp³-hybridized carbons (Fsp3) is 0.765. The van der Waals surface area contributed by atoms with E-state index < -0.39 is 29.5 Å². The van der Waals surface area contributed by atoms with E-state index in [1.807, 2.05) is 0 Å². The van der Waals surface area contributed by atoms with E-state index in [0.717, 1.165) is 0 Å². The number of ketones is 1. The van der Waals surface area contributed by atoms with Gasteiger partial charge in [0.05, 0.1) is 6.10 Å². The molecule has 2 rings (SSSR count). The summed E-state index contributed by atoms with van der Waals surface area (Å²) in [5.74, 6) is -2.30. The van der Waals surface area contributed by atoms with Crippen LogP contribution in [0.2, 0.25) is 0 Å². The predicted molar refractivity (Wildman–Crippen MR) is 85.5 cm³/mol. The molecule has 2 aliphatic rings. The minimum absolute atomic E-state index is 0.0489. The number of esters is 1. The number of aliphatic hydroxyl groups is 2. The van der Waals surface area contributed by atoms with Gasteiger partial charge in [0.25, 0.3) is 0 Å². The highest BCUT2D eigenvalue weighted by Gasteiger charge is 2.46. The van der Waals surface area contributed by atoms with E-state index in [0.29, 0.717) is 6.42 Å². The Labute approximate surface area is 141 Å². The second-order valence-electron chi connectivity index (χ2n) is 7.36. The molecule has 0 aromatic carbocycles. The van der Waals surface area contributed by atoms with Crippen LogP contribution in [0.15, 0.2) is 4.99 Å². The Kier molecular flexibility index (Phi) is 5.42. The van der Waals surface area contributed by atoms with E-state index in [2.05, 4.69) is 4.99 Å². The van der Waals surface area contributed by atoms with E-state index in [9.17, 15) is 24.6 Å². The molecule has 1 unspecified atom stereocenters. The van der Waals surface area contributed by atoms with Crippen molar-refractivity contribution in [3.8, 4) is 0 Å². The summed E-state index contributed by atoms with van der Waals surface area (Å²) >= 11 is 0. The van der Waals surface area contributed by atoms with Gasteiger partial charge in [-0.15, -0.1) is 0 Å². The second kappa shape index (κ2) is 7.01. The summed E-state index contributed by atoms with van der Waals surface area (Å²) in [5.41, 5.74) is -0.781. The number of amides is 1. The van der Waals surface area contributed by atoms with E-state index in [-0.39, 0.29) is 49.2 Å². The van der Waals surface area contributed by atoms with Crippen molar-refractivity contribution in [3.63, 3.8) is 0 Å². The fourth-order valence-electron chi connectivity index (χ4n) is 4.00. The molecule has 1 aliphatic heterocycles. The highest BCUT2D eigenvalue weighted by atomic mass is 16.6. The molecule has 0 bridgehead atoms. The van der Waals surface area contributed by atoms with Gasteiger partial charge in [-0.2, -0.15) is 4.99 Å². The first kappa shape index (κ1) is 18.6. The summed E-state index contributed by atoms with van der Waals surface area (Å²) < 4.78 is 5.39. The lowest BCUT2D eigenvalue weighted by molar-refractivity contribution is -0.168. The molecule has 0 aromatic rings. The van der Waals surface area contributed by atoms with Crippen LogP contribution < -0.4 is 0 Å². The van der Waals surface area contributed by atoms with Crippen LogP contribution in [-0.4, -0.2) is 45.5 Å². The summed E-state index contributed by atoms with van der Waals surface area (Å²) in [6.07, 6.45) is 0.352. The Bertz CT molecular complexity index is 571. The number of ether oxygens (including phenoxy) is 1. The zero-order valence-electron chi connectivity index (χ0n) is 14.3. The molecule has 24 heavy (non-hydrogen) atoms. The first-order valence-corrected chi connectivity index (χ1v) is 8.30. The number of nitrogens with zero attached hydrogens (tertiary/aromatic N) is 1. The van der Waals surface area contributed by atoms with Crippen LogP contribution in [0.3, 0.4) is 0 Å². The van der Waals surface area contributed by atoms with Gasteiger partial charge in [0.1, 0.15) is 11.4 Å². The normalized spacial score (nSPS) is 35.3. The third-order valence-corrected chi connectivity index (χ3v) is 4.86. The molecule has 5 atom stereocenters. The van der Waals surface area contributed by atoms with Crippen LogP contribution in [0.4, 0.5) is 0 Å². The number of carbonyl (C=O) groups excluding carboxylic acids is 3. The SMILES string of the molecule is CC(=O)O[C@@]1(C)C[C@@H]([C@H](O)CC2CC(=O)N=C(O)C2)C(=O)[C@@H](C)C1. The lowest BCUT2D eigenvalue weighted by Gasteiger charge is -2.41. The number of rotatable bonds is 4.